The zero-order chi connectivity index (χ0) is 10.6. The molecule has 0 rings (SSSR count). The largest absolute Gasteiger partial charge is 0.481 e. The molecule has 2 nitrogen and oxygen atoms in total. The van der Waals surface area contributed by atoms with E-state index in [1.807, 2.05) is 0 Å². The molecular formula is C12H24Na2O2. The average Bonchev–Trinajstić information content (AvgIpc) is 2.15. The smallest absolute Gasteiger partial charge is 0.303 e. The second kappa shape index (κ2) is 18.8. The molecule has 16 heavy (non-hydrogen) atoms. The van der Waals surface area contributed by atoms with Crippen molar-refractivity contribution in [1.29, 1.82) is 0 Å². The van der Waals surface area contributed by atoms with Crippen molar-refractivity contribution in [2.24, 2.45) is 0 Å². The fraction of sp³-hybridized carbons (Fsp3) is 0.917. The van der Waals surface area contributed by atoms with Crippen LogP contribution in [0.2, 0.25) is 0 Å². The number of carbonyl (C=O) groups is 1. The molecule has 0 atom stereocenters. The Hall–Kier alpha value is 1.47. The van der Waals surface area contributed by atoms with Crippen molar-refractivity contribution in [2.45, 2.75) is 71.1 Å². The molecule has 86 valence electrons. The van der Waals surface area contributed by atoms with Crippen molar-refractivity contribution in [3.05, 3.63) is 0 Å². The minimum Gasteiger partial charge on any atom is -0.481 e. The summed E-state index contributed by atoms with van der Waals surface area (Å²) in [5.74, 6) is -0.659. The van der Waals surface area contributed by atoms with Gasteiger partial charge in [-0.05, 0) is 6.42 Å². The van der Waals surface area contributed by atoms with Gasteiger partial charge in [0.1, 0.15) is 0 Å². The van der Waals surface area contributed by atoms with Gasteiger partial charge in [0.2, 0.25) is 0 Å². The first kappa shape index (κ1) is 22.6. The molecule has 0 spiro atoms. The molecule has 0 aromatic carbocycles. The number of carboxylic acid groups (broad SMARTS) is 1. The summed E-state index contributed by atoms with van der Waals surface area (Å²) in [5, 5.41) is 8.41. The van der Waals surface area contributed by atoms with E-state index in [1.165, 1.54) is 44.9 Å². The minimum absolute atomic E-state index is 0. The molecular weight excluding hydrogens is 222 g/mol. The minimum atomic E-state index is -0.659. The maximum atomic E-state index is 10.2. The molecule has 0 aliphatic heterocycles. The summed E-state index contributed by atoms with van der Waals surface area (Å²) in [6, 6.07) is 0. The zero-order valence-electron chi connectivity index (χ0n) is 11.4. The van der Waals surface area contributed by atoms with Crippen LogP contribution in [0.5, 0.6) is 0 Å². The van der Waals surface area contributed by atoms with Crippen LogP contribution in [0.15, 0.2) is 0 Å². The van der Waals surface area contributed by atoms with Gasteiger partial charge in [0.25, 0.3) is 0 Å². The Labute approximate surface area is 145 Å². The fourth-order valence-electron chi connectivity index (χ4n) is 1.59. The molecule has 0 unspecified atom stereocenters. The third kappa shape index (κ3) is 20.8. The number of carboxylic acids is 1. The van der Waals surface area contributed by atoms with Gasteiger partial charge in [-0.2, -0.15) is 0 Å². The molecule has 0 aliphatic carbocycles. The summed E-state index contributed by atoms with van der Waals surface area (Å²) in [5.41, 5.74) is 0. The molecule has 0 aromatic rings. The predicted octanol–water partition coefficient (Wildman–Crippen LogP) is 3.23. The maximum Gasteiger partial charge on any atom is 0.303 e. The normalized spacial score (nSPS) is 9.06. The summed E-state index contributed by atoms with van der Waals surface area (Å²) in [7, 11) is 0. The van der Waals surface area contributed by atoms with Crippen LogP contribution in [0, 0.1) is 0 Å². The van der Waals surface area contributed by atoms with E-state index in [0.29, 0.717) is 6.42 Å². The van der Waals surface area contributed by atoms with E-state index in [2.05, 4.69) is 6.92 Å². The van der Waals surface area contributed by atoms with Crippen molar-refractivity contribution in [2.75, 3.05) is 0 Å². The first-order valence-corrected chi connectivity index (χ1v) is 5.99. The van der Waals surface area contributed by atoms with Gasteiger partial charge in [-0.3, -0.25) is 4.79 Å². The number of rotatable bonds is 10. The Bertz CT molecular complexity index is 141. The Morgan fingerprint density at radius 1 is 0.812 bits per heavy atom. The van der Waals surface area contributed by atoms with E-state index in [-0.39, 0.29) is 59.1 Å². The molecule has 0 heterocycles. The SMILES string of the molecule is CCCCCCCCCCCC(=O)O.[Na].[Na]. The van der Waals surface area contributed by atoms with Crippen molar-refractivity contribution >= 4 is 65.1 Å². The Morgan fingerprint density at radius 3 is 1.56 bits per heavy atom. The van der Waals surface area contributed by atoms with Gasteiger partial charge in [-0.1, -0.05) is 58.3 Å². The topological polar surface area (TPSA) is 37.3 Å². The molecule has 0 aromatic heterocycles. The standard InChI is InChI=1S/C12H24O2.2Na/c1-2-3-4-5-6-7-8-9-10-11-12(13)14;;/h2-11H2,1H3,(H,13,14);;. The Kier molecular flexibility index (Phi) is 26.6. The van der Waals surface area contributed by atoms with Crippen molar-refractivity contribution < 1.29 is 9.90 Å². The molecule has 0 saturated carbocycles. The quantitative estimate of drug-likeness (QED) is 0.474. The molecule has 0 aliphatic rings. The molecule has 0 bridgehead atoms. The maximum absolute atomic E-state index is 10.2. The molecule has 4 heteroatoms. The number of aliphatic carboxylic acids is 1. The molecule has 1 N–H and O–H groups in total. The van der Waals surface area contributed by atoms with Crippen molar-refractivity contribution in [3.8, 4) is 0 Å². The monoisotopic (exact) mass is 246 g/mol. The van der Waals surface area contributed by atoms with Crippen LogP contribution in [0.4, 0.5) is 0 Å². The molecule has 0 fully saturated rings. The number of hydrogen-bond acceptors (Lipinski definition) is 1. The van der Waals surface area contributed by atoms with Crippen LogP contribution in [-0.4, -0.2) is 70.2 Å². The van der Waals surface area contributed by atoms with E-state index in [4.69, 9.17) is 5.11 Å². The van der Waals surface area contributed by atoms with E-state index in [1.54, 1.807) is 0 Å². The van der Waals surface area contributed by atoms with Crippen molar-refractivity contribution in [3.63, 3.8) is 0 Å². The van der Waals surface area contributed by atoms with Gasteiger partial charge in [0.05, 0.1) is 0 Å². The van der Waals surface area contributed by atoms with E-state index < -0.39 is 5.97 Å². The third-order valence-corrected chi connectivity index (χ3v) is 2.49. The van der Waals surface area contributed by atoms with Gasteiger partial charge in [-0.15, -0.1) is 0 Å². The predicted molar refractivity (Wildman–Crippen MR) is 71.0 cm³/mol. The average molecular weight is 246 g/mol. The second-order valence-electron chi connectivity index (χ2n) is 3.97. The van der Waals surface area contributed by atoms with Gasteiger partial charge in [-0.25, -0.2) is 0 Å². The second-order valence-corrected chi connectivity index (χ2v) is 3.97. The summed E-state index contributed by atoms with van der Waals surface area (Å²) >= 11 is 0. The fourth-order valence-corrected chi connectivity index (χ4v) is 1.59. The van der Waals surface area contributed by atoms with E-state index >= 15 is 0 Å². The molecule has 2 radical (unpaired) electrons. The molecule has 0 saturated heterocycles. The van der Waals surface area contributed by atoms with Gasteiger partial charge < -0.3 is 5.11 Å². The first-order chi connectivity index (χ1) is 6.77. The Morgan fingerprint density at radius 2 is 1.19 bits per heavy atom. The third-order valence-electron chi connectivity index (χ3n) is 2.49. The number of hydrogen-bond donors (Lipinski definition) is 1. The van der Waals surface area contributed by atoms with Crippen LogP contribution in [-0.2, 0) is 4.79 Å². The van der Waals surface area contributed by atoms with Crippen LogP contribution >= 0.6 is 0 Å². The van der Waals surface area contributed by atoms with Crippen LogP contribution in [0.3, 0.4) is 0 Å². The summed E-state index contributed by atoms with van der Waals surface area (Å²) < 4.78 is 0. The first-order valence-electron chi connectivity index (χ1n) is 5.99. The van der Waals surface area contributed by atoms with E-state index in [0.717, 1.165) is 12.8 Å². The number of unbranched alkanes of at least 4 members (excludes halogenated alkanes) is 8. The van der Waals surface area contributed by atoms with Crippen LogP contribution in [0.25, 0.3) is 0 Å². The molecule has 0 amide bonds. The van der Waals surface area contributed by atoms with Gasteiger partial charge in [0.15, 0.2) is 0 Å². The van der Waals surface area contributed by atoms with Crippen molar-refractivity contribution in [1.82, 2.24) is 0 Å². The van der Waals surface area contributed by atoms with Gasteiger partial charge >= 0.3 is 5.97 Å². The summed E-state index contributed by atoms with van der Waals surface area (Å²) in [4.78, 5) is 10.2. The zero-order valence-corrected chi connectivity index (χ0v) is 15.4. The summed E-state index contributed by atoms with van der Waals surface area (Å²) in [6.45, 7) is 2.23. The van der Waals surface area contributed by atoms with E-state index in [9.17, 15) is 4.79 Å². The van der Waals surface area contributed by atoms with Crippen LogP contribution in [0.1, 0.15) is 71.1 Å². The van der Waals surface area contributed by atoms with Crippen LogP contribution < -0.4 is 0 Å². The Balaban J connectivity index is -0.000000845. The summed E-state index contributed by atoms with van der Waals surface area (Å²) in [6.07, 6.45) is 11.5. The van der Waals surface area contributed by atoms with Gasteiger partial charge in [0, 0.05) is 65.5 Å².